The number of carbonyl (C=O) groups excluding carboxylic acids is 1. The van der Waals surface area contributed by atoms with Gasteiger partial charge in [-0.2, -0.15) is 5.10 Å². The molecule has 8 heteroatoms. The fourth-order valence-corrected chi connectivity index (χ4v) is 2.74. The van der Waals surface area contributed by atoms with Crippen molar-refractivity contribution in [2.45, 2.75) is 13.8 Å². The highest BCUT2D eigenvalue weighted by atomic mass is 35.5. The third-order valence-corrected chi connectivity index (χ3v) is 4.13. The summed E-state index contributed by atoms with van der Waals surface area (Å²) in [7, 11) is 0. The molecule has 0 fully saturated rings. The summed E-state index contributed by atoms with van der Waals surface area (Å²) in [6.07, 6.45) is 1.07. The van der Waals surface area contributed by atoms with E-state index >= 15 is 0 Å². The number of carbonyl (C=O) groups is 1. The Labute approximate surface area is 146 Å². The number of benzene rings is 1. The summed E-state index contributed by atoms with van der Waals surface area (Å²) in [6, 6.07) is 2.55. The average molecular weight is 363 g/mol. The van der Waals surface area contributed by atoms with Crippen molar-refractivity contribution in [3.63, 3.8) is 0 Å². The van der Waals surface area contributed by atoms with Gasteiger partial charge in [-0.3, -0.25) is 9.89 Å². The van der Waals surface area contributed by atoms with Gasteiger partial charge < -0.3 is 5.32 Å². The average Bonchev–Trinajstić information content (AvgIpc) is 2.94. The number of nitrogens with one attached hydrogen (secondary N) is 2. The molecule has 0 radical (unpaired) electrons. The fourth-order valence-electron chi connectivity index (χ4n) is 2.55. The summed E-state index contributed by atoms with van der Waals surface area (Å²) >= 11 is 5.88. The number of halogens is 3. The van der Waals surface area contributed by atoms with E-state index in [0.29, 0.717) is 16.6 Å². The highest BCUT2D eigenvalue weighted by molar-refractivity contribution is 6.34. The summed E-state index contributed by atoms with van der Waals surface area (Å²) in [5, 5.41) is 9.58. The van der Waals surface area contributed by atoms with Crippen LogP contribution in [-0.2, 0) is 4.79 Å². The van der Waals surface area contributed by atoms with E-state index in [1.54, 1.807) is 6.92 Å². The fraction of sp³-hybridized carbons (Fsp3) is 0.118. The highest BCUT2D eigenvalue weighted by Crippen LogP contribution is 2.33. The molecule has 1 amide bonds. The predicted molar refractivity (Wildman–Crippen MR) is 92.6 cm³/mol. The first-order chi connectivity index (χ1) is 11.8. The molecule has 0 saturated carbocycles. The van der Waals surface area contributed by atoms with Gasteiger partial charge >= 0.3 is 0 Å². The zero-order chi connectivity index (χ0) is 18.3. The van der Waals surface area contributed by atoms with Gasteiger partial charge in [-0.15, -0.1) is 0 Å². The Hall–Kier alpha value is -2.80. The van der Waals surface area contributed by atoms with Gasteiger partial charge in [0, 0.05) is 16.5 Å². The molecule has 0 spiro atoms. The van der Waals surface area contributed by atoms with Crippen molar-refractivity contribution in [1.29, 1.82) is 0 Å². The monoisotopic (exact) mass is 362 g/mol. The number of anilines is 1. The third-order valence-electron chi connectivity index (χ3n) is 3.84. The van der Waals surface area contributed by atoms with Gasteiger partial charge in [0.05, 0.1) is 16.9 Å². The minimum Gasteiger partial charge on any atom is -0.321 e. The Morgan fingerprint density at radius 3 is 2.76 bits per heavy atom. The van der Waals surface area contributed by atoms with Gasteiger partial charge in [0.15, 0.2) is 5.82 Å². The molecule has 2 heterocycles. The zero-order valence-electron chi connectivity index (χ0n) is 13.4. The summed E-state index contributed by atoms with van der Waals surface area (Å²) in [4.78, 5) is 15.6. The summed E-state index contributed by atoms with van der Waals surface area (Å²) in [5.74, 6) is -1.90. The third kappa shape index (κ3) is 2.87. The van der Waals surface area contributed by atoms with E-state index in [0.717, 1.165) is 6.08 Å². The maximum atomic E-state index is 14.8. The molecule has 0 unspecified atom stereocenters. The van der Waals surface area contributed by atoms with Crippen molar-refractivity contribution in [2.24, 2.45) is 0 Å². The lowest BCUT2D eigenvalue weighted by Crippen LogP contribution is -2.12. The number of aromatic amines is 1. The molecular weight excluding hydrogens is 350 g/mol. The normalized spacial score (nSPS) is 10.9. The van der Waals surface area contributed by atoms with Crippen molar-refractivity contribution >= 4 is 34.1 Å². The smallest absolute Gasteiger partial charge is 0.247 e. The van der Waals surface area contributed by atoms with E-state index in [9.17, 15) is 13.6 Å². The Balaban J connectivity index is 2.20. The van der Waals surface area contributed by atoms with Crippen LogP contribution in [0.5, 0.6) is 0 Å². The van der Waals surface area contributed by atoms with Crippen molar-refractivity contribution < 1.29 is 13.6 Å². The maximum Gasteiger partial charge on any atom is 0.247 e. The van der Waals surface area contributed by atoms with Gasteiger partial charge in [-0.1, -0.05) is 18.2 Å². The first-order valence-corrected chi connectivity index (χ1v) is 7.65. The molecule has 2 N–H and O–H groups in total. The van der Waals surface area contributed by atoms with E-state index in [2.05, 4.69) is 27.1 Å². The van der Waals surface area contributed by atoms with Crippen LogP contribution in [0.25, 0.3) is 22.2 Å². The molecule has 0 aliphatic rings. The molecule has 0 saturated heterocycles. The highest BCUT2D eigenvalue weighted by Gasteiger charge is 2.21. The minimum absolute atomic E-state index is 0.0408. The second-order valence-electron chi connectivity index (χ2n) is 5.44. The number of nitrogens with zero attached hydrogens (tertiary/aromatic N) is 2. The lowest BCUT2D eigenvalue weighted by atomic mass is 10.0. The van der Waals surface area contributed by atoms with Gasteiger partial charge in [-0.25, -0.2) is 13.8 Å². The zero-order valence-corrected chi connectivity index (χ0v) is 14.1. The first kappa shape index (κ1) is 17.0. The van der Waals surface area contributed by atoms with E-state index < -0.39 is 17.5 Å². The number of H-pyrrole nitrogens is 1. The van der Waals surface area contributed by atoms with Crippen LogP contribution in [0.1, 0.15) is 11.3 Å². The van der Waals surface area contributed by atoms with Crippen LogP contribution in [0.15, 0.2) is 24.8 Å². The van der Waals surface area contributed by atoms with Crippen molar-refractivity contribution in [3.8, 4) is 11.3 Å². The van der Waals surface area contributed by atoms with Crippen molar-refractivity contribution in [1.82, 2.24) is 15.2 Å². The molecule has 1 aromatic carbocycles. The van der Waals surface area contributed by atoms with E-state index in [4.69, 9.17) is 11.6 Å². The number of amides is 1. The van der Waals surface area contributed by atoms with Gasteiger partial charge in [0.1, 0.15) is 16.7 Å². The number of hydrogen-bond acceptors (Lipinski definition) is 3. The van der Waals surface area contributed by atoms with Crippen LogP contribution < -0.4 is 5.32 Å². The molecular formula is C17H13ClF2N4O. The molecule has 0 atom stereocenters. The van der Waals surface area contributed by atoms with Crippen LogP contribution in [0.2, 0.25) is 5.15 Å². The predicted octanol–water partition coefficient (Wildman–Crippen LogP) is 4.30. The topological polar surface area (TPSA) is 70.7 Å². The molecule has 0 aliphatic carbocycles. The number of pyridine rings is 1. The van der Waals surface area contributed by atoms with E-state index in [1.165, 1.54) is 19.1 Å². The van der Waals surface area contributed by atoms with Crippen LogP contribution in [0.4, 0.5) is 14.5 Å². The van der Waals surface area contributed by atoms with Crippen LogP contribution in [0, 0.1) is 25.5 Å². The van der Waals surface area contributed by atoms with Crippen LogP contribution >= 0.6 is 11.6 Å². The molecule has 3 aromatic rings. The number of aromatic nitrogens is 3. The number of hydrogen-bond donors (Lipinski definition) is 2. The summed E-state index contributed by atoms with van der Waals surface area (Å²) in [5.41, 5.74) is 0.921. The SMILES string of the molecule is C=CC(=O)Nc1c(C)nc(-c2cc3n[nH]c(Cl)c3cc2F)c(F)c1C. The molecule has 3 rings (SSSR count). The molecule has 128 valence electrons. The van der Waals surface area contributed by atoms with Crippen molar-refractivity contribution in [2.75, 3.05) is 5.32 Å². The van der Waals surface area contributed by atoms with Gasteiger partial charge in [-0.05, 0) is 32.1 Å². The summed E-state index contributed by atoms with van der Waals surface area (Å²) in [6.45, 7) is 6.42. The molecule has 0 aliphatic heterocycles. The van der Waals surface area contributed by atoms with E-state index in [-0.39, 0.29) is 27.7 Å². The molecule has 25 heavy (non-hydrogen) atoms. The number of rotatable bonds is 3. The number of aryl methyl sites for hydroxylation is 1. The molecule has 5 nitrogen and oxygen atoms in total. The Morgan fingerprint density at radius 1 is 1.36 bits per heavy atom. The van der Waals surface area contributed by atoms with Crippen molar-refractivity contribution in [3.05, 3.63) is 52.8 Å². The lowest BCUT2D eigenvalue weighted by molar-refractivity contribution is -0.111. The summed E-state index contributed by atoms with van der Waals surface area (Å²) < 4.78 is 29.3. The van der Waals surface area contributed by atoms with Crippen LogP contribution in [0.3, 0.4) is 0 Å². The largest absolute Gasteiger partial charge is 0.321 e. The second kappa shape index (κ2) is 6.25. The lowest BCUT2D eigenvalue weighted by Gasteiger charge is -2.14. The second-order valence-corrected chi connectivity index (χ2v) is 5.82. The quantitative estimate of drug-likeness (QED) is 0.682. The van der Waals surface area contributed by atoms with Gasteiger partial charge in [0.25, 0.3) is 0 Å². The molecule has 2 aromatic heterocycles. The molecule has 0 bridgehead atoms. The Morgan fingerprint density at radius 2 is 2.08 bits per heavy atom. The first-order valence-electron chi connectivity index (χ1n) is 7.27. The van der Waals surface area contributed by atoms with E-state index in [1.807, 2.05) is 0 Å². The van der Waals surface area contributed by atoms with Crippen LogP contribution in [-0.4, -0.2) is 21.1 Å². The Kier molecular flexibility index (Phi) is 4.26. The van der Waals surface area contributed by atoms with Gasteiger partial charge in [0.2, 0.25) is 5.91 Å². The Bertz CT molecular complexity index is 1030. The standard InChI is InChI=1S/C17H13ClF2N4O/c1-4-13(25)22-15-7(2)14(20)16(21-8(15)3)9-6-12-10(5-11(9)19)17(18)24-23-12/h4-6H,1H2,2-3H3,(H,22,25)(H,23,24). The maximum absolute atomic E-state index is 14.8. The number of fused-ring (bicyclic) bond motifs is 1. The minimum atomic E-state index is -0.732.